The van der Waals surface area contributed by atoms with E-state index in [1.165, 1.54) is 25.3 Å². The van der Waals surface area contributed by atoms with E-state index in [1.807, 2.05) is 59.0 Å². The van der Waals surface area contributed by atoms with E-state index in [1.54, 1.807) is 13.2 Å². The lowest BCUT2D eigenvalue weighted by Crippen LogP contribution is -2.27. The number of rotatable bonds is 14. The quantitative estimate of drug-likeness (QED) is 0.120. The van der Waals surface area contributed by atoms with E-state index < -0.39 is 11.7 Å². The fourth-order valence-corrected chi connectivity index (χ4v) is 4.31. The van der Waals surface area contributed by atoms with Gasteiger partial charge in [0.2, 0.25) is 0 Å². The molecule has 0 saturated heterocycles. The first-order valence-corrected chi connectivity index (χ1v) is 16.3. The average Bonchev–Trinajstić information content (AvgIpc) is 3.60. The molecule has 264 valence electrons. The first-order chi connectivity index (χ1) is 22.2. The van der Waals surface area contributed by atoms with E-state index >= 15 is 0 Å². The van der Waals surface area contributed by atoms with E-state index in [9.17, 15) is 9.18 Å². The van der Waals surface area contributed by atoms with Gasteiger partial charge in [-0.2, -0.15) is 0 Å². The van der Waals surface area contributed by atoms with Crippen molar-refractivity contribution in [2.75, 3.05) is 27.2 Å². The lowest BCUT2D eigenvalue weighted by molar-refractivity contribution is -0.110. The highest BCUT2D eigenvalue weighted by Crippen LogP contribution is 2.26. The van der Waals surface area contributed by atoms with Gasteiger partial charge in [0.1, 0.15) is 30.3 Å². The minimum atomic E-state index is -0.705. The molecule has 2 aliphatic rings. The minimum Gasteiger partial charge on any atom is -0.484 e. The van der Waals surface area contributed by atoms with Crippen molar-refractivity contribution in [3.8, 4) is 5.75 Å². The molecule has 0 fully saturated rings. The van der Waals surface area contributed by atoms with Gasteiger partial charge in [0, 0.05) is 24.6 Å². The number of halogens is 1. The molecule has 3 unspecified atom stereocenters. The van der Waals surface area contributed by atoms with Crippen LogP contribution >= 0.6 is 0 Å². The SMILES string of the molecule is C.C=C(N=C(CC)OC)c1ccc(OC(CC)C2=NC(C3=CCC(C=O)C(F)=C3)=NC2)cc1.CC.CCCC(CC)NC.NCC=O. The molecule has 1 aliphatic heterocycles. The van der Waals surface area contributed by atoms with Crippen molar-refractivity contribution in [1.29, 1.82) is 0 Å². The summed E-state index contributed by atoms with van der Waals surface area (Å²) in [4.78, 5) is 33.4. The number of nitrogens with zero attached hydrogens (tertiary/aromatic N) is 3. The minimum absolute atomic E-state index is 0. The van der Waals surface area contributed by atoms with E-state index in [2.05, 4.69) is 46.5 Å². The summed E-state index contributed by atoms with van der Waals surface area (Å²) >= 11 is 0. The standard InChI is InChI=1S/C25H28FN3O3.C7H17N.C2H5NO.C2H6.CH4/c1-5-23(22-14-27-25(29-22)18-7-8-19(15-30)21(26)13-18)32-20-11-9-17(10-12-20)16(3)28-24(6-2)31-4;1-4-6-7(5-2)8-3;3-1-2-4;1-2;/h7,9-13,15,19,23H,3,5-6,8,14H2,1-2,4H3;7-8H,4-6H2,1-3H3;2H,1,3H2;1-2H3;1H4. The zero-order valence-corrected chi connectivity index (χ0v) is 29.1. The molecule has 0 saturated carbocycles. The van der Waals surface area contributed by atoms with Crippen LogP contribution in [0.4, 0.5) is 4.39 Å². The predicted octanol–water partition coefficient (Wildman–Crippen LogP) is 7.71. The number of amidine groups is 1. The van der Waals surface area contributed by atoms with Crippen LogP contribution in [-0.4, -0.2) is 69.4 Å². The van der Waals surface area contributed by atoms with Crippen LogP contribution in [0.25, 0.3) is 5.70 Å². The van der Waals surface area contributed by atoms with E-state index in [4.69, 9.17) is 14.3 Å². The molecular formula is C37H60FN5O4. The third-order valence-electron chi connectivity index (χ3n) is 6.94. The number of hydrogen-bond donors (Lipinski definition) is 2. The fraction of sp³-hybridized carbons (Fsp3) is 0.541. The molecule has 1 heterocycles. The number of ether oxygens (including phenoxy) is 2. The van der Waals surface area contributed by atoms with Crippen LogP contribution in [-0.2, 0) is 14.3 Å². The van der Waals surface area contributed by atoms with Crippen LogP contribution in [0.15, 0.2) is 69.4 Å². The Balaban J connectivity index is 0. The van der Waals surface area contributed by atoms with Crippen LogP contribution in [0.5, 0.6) is 5.75 Å². The average molecular weight is 658 g/mol. The number of benzene rings is 1. The summed E-state index contributed by atoms with van der Waals surface area (Å²) in [5.41, 5.74) is 7.56. The number of allylic oxidation sites excluding steroid dienone is 2. The van der Waals surface area contributed by atoms with Crippen LogP contribution < -0.4 is 15.8 Å². The fourth-order valence-electron chi connectivity index (χ4n) is 4.31. The van der Waals surface area contributed by atoms with Gasteiger partial charge in [-0.05, 0) is 68.6 Å². The highest BCUT2D eigenvalue weighted by Gasteiger charge is 2.25. The van der Waals surface area contributed by atoms with Crippen molar-refractivity contribution in [3.05, 3.63) is 60.0 Å². The molecule has 0 amide bonds. The summed E-state index contributed by atoms with van der Waals surface area (Å²) in [6.45, 7) is 17.0. The molecule has 3 rings (SSSR count). The Hall–Kier alpha value is -3.76. The summed E-state index contributed by atoms with van der Waals surface area (Å²) in [5.74, 6) is 0.655. The largest absolute Gasteiger partial charge is 0.484 e. The second-order valence-electron chi connectivity index (χ2n) is 10.0. The Morgan fingerprint density at radius 2 is 1.81 bits per heavy atom. The first kappa shape index (κ1) is 45.4. The van der Waals surface area contributed by atoms with Gasteiger partial charge in [-0.1, -0.05) is 68.0 Å². The molecule has 1 aliphatic carbocycles. The Kier molecular flexibility index (Phi) is 26.4. The highest BCUT2D eigenvalue weighted by atomic mass is 19.1. The molecule has 10 heteroatoms. The van der Waals surface area contributed by atoms with Gasteiger partial charge < -0.3 is 30.1 Å². The summed E-state index contributed by atoms with van der Waals surface area (Å²) in [6.07, 6.45) is 9.76. The molecule has 1 aromatic rings. The van der Waals surface area contributed by atoms with E-state index in [0.29, 0.717) is 67.1 Å². The first-order valence-electron chi connectivity index (χ1n) is 16.3. The van der Waals surface area contributed by atoms with Gasteiger partial charge in [0.05, 0.1) is 31.0 Å². The molecule has 0 bridgehead atoms. The summed E-state index contributed by atoms with van der Waals surface area (Å²) < 4.78 is 25.4. The number of aliphatic imine (C=N–C) groups is 3. The Morgan fingerprint density at radius 3 is 2.23 bits per heavy atom. The van der Waals surface area contributed by atoms with Crippen molar-refractivity contribution in [2.24, 2.45) is 26.6 Å². The second kappa shape index (κ2) is 27.4. The number of nitrogens with one attached hydrogen (secondary N) is 1. The third-order valence-corrected chi connectivity index (χ3v) is 6.94. The van der Waals surface area contributed by atoms with Crippen molar-refractivity contribution < 1.29 is 23.5 Å². The number of aldehydes is 2. The maximum absolute atomic E-state index is 14.0. The molecular weight excluding hydrogens is 597 g/mol. The molecule has 9 nitrogen and oxygen atoms in total. The van der Waals surface area contributed by atoms with Crippen molar-refractivity contribution in [2.45, 2.75) is 99.6 Å². The van der Waals surface area contributed by atoms with Crippen molar-refractivity contribution in [3.63, 3.8) is 0 Å². The van der Waals surface area contributed by atoms with Crippen molar-refractivity contribution >= 4 is 35.7 Å². The van der Waals surface area contributed by atoms with Gasteiger partial charge in [-0.3, -0.25) is 4.99 Å². The number of nitrogens with two attached hydrogens (primary N) is 1. The van der Waals surface area contributed by atoms with E-state index in [0.717, 1.165) is 17.3 Å². The van der Waals surface area contributed by atoms with E-state index in [-0.39, 0.29) is 20.1 Å². The van der Waals surface area contributed by atoms with Gasteiger partial charge in [-0.25, -0.2) is 14.4 Å². The van der Waals surface area contributed by atoms with Crippen LogP contribution in [0.3, 0.4) is 0 Å². The van der Waals surface area contributed by atoms with Crippen molar-refractivity contribution in [1.82, 2.24) is 5.32 Å². The van der Waals surface area contributed by atoms with Crippen LogP contribution in [0.2, 0.25) is 0 Å². The number of hydrogen-bond acceptors (Lipinski definition) is 9. The zero-order valence-electron chi connectivity index (χ0n) is 29.1. The van der Waals surface area contributed by atoms with Crippen LogP contribution in [0, 0.1) is 5.92 Å². The van der Waals surface area contributed by atoms with Gasteiger partial charge in [0.15, 0.2) is 11.7 Å². The lowest BCUT2D eigenvalue weighted by Gasteiger charge is -2.17. The summed E-state index contributed by atoms with van der Waals surface area (Å²) in [7, 11) is 3.63. The number of carbonyl (C=O) groups is 2. The second-order valence-corrected chi connectivity index (χ2v) is 10.0. The molecule has 0 aromatic heterocycles. The maximum Gasteiger partial charge on any atom is 0.187 e. The van der Waals surface area contributed by atoms with Gasteiger partial charge in [0.25, 0.3) is 0 Å². The monoisotopic (exact) mass is 657 g/mol. The molecule has 0 spiro atoms. The number of carbonyl (C=O) groups excluding carboxylic acids is 2. The normalized spacial score (nSPS) is 16.2. The smallest absolute Gasteiger partial charge is 0.187 e. The maximum atomic E-state index is 14.0. The molecule has 1 aromatic carbocycles. The Labute approximate surface area is 283 Å². The van der Waals surface area contributed by atoms with Gasteiger partial charge in [-0.15, -0.1) is 0 Å². The molecule has 3 atom stereocenters. The Morgan fingerprint density at radius 1 is 1.17 bits per heavy atom. The summed E-state index contributed by atoms with van der Waals surface area (Å²) in [5, 5.41) is 3.25. The highest BCUT2D eigenvalue weighted by molar-refractivity contribution is 6.14. The summed E-state index contributed by atoms with van der Waals surface area (Å²) in [6, 6.07) is 8.30. The lowest BCUT2D eigenvalue weighted by atomic mass is 9.96. The molecule has 0 radical (unpaired) electrons. The number of methoxy groups -OCH3 is 1. The zero-order chi connectivity index (χ0) is 34.9. The predicted molar refractivity (Wildman–Crippen MR) is 197 cm³/mol. The Bertz CT molecular complexity index is 1200. The van der Waals surface area contributed by atoms with Crippen LogP contribution in [0.1, 0.15) is 93.1 Å². The van der Waals surface area contributed by atoms with Gasteiger partial charge >= 0.3 is 0 Å². The molecule has 47 heavy (non-hydrogen) atoms. The molecule has 3 N–H and O–H groups in total. The third kappa shape index (κ3) is 16.6. The topological polar surface area (TPSA) is 128 Å².